The molecule has 0 amide bonds. The first-order chi connectivity index (χ1) is 7.75. The van der Waals surface area contributed by atoms with E-state index in [-0.39, 0.29) is 6.04 Å². The molecule has 0 fully saturated rings. The lowest BCUT2D eigenvalue weighted by molar-refractivity contribution is 0.608. The zero-order chi connectivity index (χ0) is 11.4. The van der Waals surface area contributed by atoms with Crippen LogP contribution in [0.3, 0.4) is 0 Å². The predicted molar refractivity (Wildman–Crippen MR) is 74.9 cm³/mol. The Morgan fingerprint density at radius 2 is 2.25 bits per heavy atom. The molecule has 0 aliphatic heterocycles. The number of halogens is 1. The van der Waals surface area contributed by atoms with Crippen LogP contribution < -0.4 is 5.73 Å². The monoisotopic (exact) mass is 299 g/mol. The van der Waals surface area contributed by atoms with Gasteiger partial charge < -0.3 is 5.73 Å². The fourth-order valence-electron chi connectivity index (χ4n) is 2.21. The first-order valence-electron chi connectivity index (χ1n) is 5.91. The molecule has 0 saturated carbocycles. The van der Waals surface area contributed by atoms with Gasteiger partial charge in [-0.2, -0.15) is 0 Å². The van der Waals surface area contributed by atoms with E-state index in [1.54, 1.807) is 16.9 Å². The molecule has 1 aliphatic carbocycles. The van der Waals surface area contributed by atoms with E-state index >= 15 is 0 Å². The van der Waals surface area contributed by atoms with Crippen molar-refractivity contribution in [1.82, 2.24) is 0 Å². The summed E-state index contributed by atoms with van der Waals surface area (Å²) >= 11 is 5.35. The Kier molecular flexibility index (Phi) is 4.62. The van der Waals surface area contributed by atoms with E-state index in [9.17, 15) is 0 Å². The molecule has 1 nitrogen and oxygen atoms in total. The van der Waals surface area contributed by atoms with Gasteiger partial charge in [-0.05, 0) is 65.9 Å². The summed E-state index contributed by atoms with van der Waals surface area (Å²) in [6, 6.07) is 2.38. The SMILES string of the molecule is NC(CC1=CCCCC1)Cc1sccc1Br. The van der Waals surface area contributed by atoms with Crippen LogP contribution >= 0.6 is 27.3 Å². The fourth-order valence-corrected chi connectivity index (χ4v) is 3.82. The van der Waals surface area contributed by atoms with Crippen LogP contribution in [0.1, 0.15) is 37.0 Å². The Morgan fingerprint density at radius 3 is 2.88 bits per heavy atom. The van der Waals surface area contributed by atoms with Gasteiger partial charge in [-0.1, -0.05) is 11.6 Å². The molecule has 0 aromatic carbocycles. The van der Waals surface area contributed by atoms with Gasteiger partial charge in [-0.3, -0.25) is 0 Å². The highest BCUT2D eigenvalue weighted by Crippen LogP contribution is 2.26. The first-order valence-corrected chi connectivity index (χ1v) is 7.58. The van der Waals surface area contributed by atoms with Crippen molar-refractivity contribution in [2.24, 2.45) is 5.73 Å². The normalized spacial score (nSPS) is 18.2. The number of rotatable bonds is 4. The van der Waals surface area contributed by atoms with Gasteiger partial charge in [-0.15, -0.1) is 11.3 Å². The van der Waals surface area contributed by atoms with Gasteiger partial charge in [0.05, 0.1) is 0 Å². The lowest BCUT2D eigenvalue weighted by Crippen LogP contribution is -2.23. The second kappa shape index (κ2) is 5.99. The van der Waals surface area contributed by atoms with Crippen molar-refractivity contribution in [1.29, 1.82) is 0 Å². The Balaban J connectivity index is 1.86. The van der Waals surface area contributed by atoms with Crippen molar-refractivity contribution in [2.45, 2.75) is 44.6 Å². The Labute approximate surface area is 110 Å². The summed E-state index contributed by atoms with van der Waals surface area (Å²) in [6.45, 7) is 0. The minimum absolute atomic E-state index is 0.277. The molecule has 16 heavy (non-hydrogen) atoms. The zero-order valence-corrected chi connectivity index (χ0v) is 11.8. The van der Waals surface area contributed by atoms with E-state index in [4.69, 9.17) is 5.73 Å². The molecule has 1 aromatic rings. The molecule has 0 spiro atoms. The highest BCUT2D eigenvalue weighted by atomic mass is 79.9. The fraction of sp³-hybridized carbons (Fsp3) is 0.538. The van der Waals surface area contributed by atoms with Crippen molar-refractivity contribution in [3.63, 3.8) is 0 Å². The molecule has 2 N–H and O–H groups in total. The van der Waals surface area contributed by atoms with Crippen LogP contribution in [0, 0.1) is 0 Å². The molecule has 1 unspecified atom stereocenters. The first kappa shape index (κ1) is 12.3. The molecule has 1 aromatic heterocycles. The summed E-state index contributed by atoms with van der Waals surface area (Å²) in [4.78, 5) is 1.38. The lowest BCUT2D eigenvalue weighted by Gasteiger charge is -2.17. The van der Waals surface area contributed by atoms with Gasteiger partial charge in [-0.25, -0.2) is 0 Å². The standard InChI is InChI=1S/C13H18BrNS/c14-12-6-7-16-13(12)9-11(15)8-10-4-2-1-3-5-10/h4,6-7,11H,1-3,5,8-9,15H2. The molecule has 2 rings (SSSR count). The molecule has 0 bridgehead atoms. The summed E-state index contributed by atoms with van der Waals surface area (Å²) < 4.78 is 1.21. The van der Waals surface area contributed by atoms with Crippen molar-refractivity contribution >= 4 is 27.3 Å². The zero-order valence-electron chi connectivity index (χ0n) is 9.42. The van der Waals surface area contributed by atoms with E-state index in [2.05, 4.69) is 33.5 Å². The Morgan fingerprint density at radius 1 is 1.38 bits per heavy atom. The quantitative estimate of drug-likeness (QED) is 0.826. The van der Waals surface area contributed by atoms with Crippen LogP contribution in [-0.4, -0.2) is 6.04 Å². The van der Waals surface area contributed by atoms with E-state index in [1.807, 2.05) is 0 Å². The van der Waals surface area contributed by atoms with Crippen molar-refractivity contribution < 1.29 is 0 Å². The maximum atomic E-state index is 6.21. The second-order valence-corrected chi connectivity index (χ2v) is 6.32. The summed E-state index contributed by atoms with van der Waals surface area (Å²) in [5, 5.41) is 2.12. The van der Waals surface area contributed by atoms with Crippen LogP contribution in [0.25, 0.3) is 0 Å². The average molecular weight is 300 g/mol. The topological polar surface area (TPSA) is 26.0 Å². The molecular weight excluding hydrogens is 282 g/mol. The number of hydrogen-bond acceptors (Lipinski definition) is 2. The van der Waals surface area contributed by atoms with Gasteiger partial charge in [0.15, 0.2) is 0 Å². The smallest absolute Gasteiger partial charge is 0.0314 e. The van der Waals surface area contributed by atoms with Crippen LogP contribution in [-0.2, 0) is 6.42 Å². The van der Waals surface area contributed by atoms with E-state index in [1.165, 1.54) is 35.0 Å². The largest absolute Gasteiger partial charge is 0.327 e. The molecular formula is C13H18BrNS. The number of thiophene rings is 1. The van der Waals surface area contributed by atoms with Crippen LogP contribution in [0.4, 0.5) is 0 Å². The Hall–Kier alpha value is -0.120. The summed E-state index contributed by atoms with van der Waals surface area (Å²) in [7, 11) is 0. The van der Waals surface area contributed by atoms with Gasteiger partial charge in [0.1, 0.15) is 0 Å². The van der Waals surface area contributed by atoms with Crippen LogP contribution in [0.2, 0.25) is 0 Å². The summed E-state index contributed by atoms with van der Waals surface area (Å²) in [5.41, 5.74) is 7.79. The number of nitrogens with two attached hydrogens (primary N) is 1. The highest BCUT2D eigenvalue weighted by Gasteiger charge is 2.11. The highest BCUT2D eigenvalue weighted by molar-refractivity contribution is 9.10. The van der Waals surface area contributed by atoms with Gasteiger partial charge >= 0.3 is 0 Å². The third kappa shape index (κ3) is 3.44. The molecule has 1 atom stereocenters. The van der Waals surface area contributed by atoms with Crippen molar-refractivity contribution in [3.8, 4) is 0 Å². The second-order valence-electron chi connectivity index (χ2n) is 4.47. The van der Waals surface area contributed by atoms with Gasteiger partial charge in [0, 0.05) is 15.4 Å². The van der Waals surface area contributed by atoms with Gasteiger partial charge in [0.2, 0.25) is 0 Å². The van der Waals surface area contributed by atoms with Crippen LogP contribution in [0.5, 0.6) is 0 Å². The van der Waals surface area contributed by atoms with Crippen LogP contribution in [0.15, 0.2) is 27.6 Å². The molecule has 3 heteroatoms. The van der Waals surface area contributed by atoms with Crippen molar-refractivity contribution in [3.05, 3.63) is 32.4 Å². The molecule has 1 heterocycles. The number of hydrogen-bond donors (Lipinski definition) is 1. The lowest BCUT2D eigenvalue weighted by atomic mass is 9.93. The molecule has 88 valence electrons. The van der Waals surface area contributed by atoms with E-state index < -0.39 is 0 Å². The van der Waals surface area contributed by atoms with E-state index in [0.29, 0.717) is 0 Å². The van der Waals surface area contributed by atoms with Crippen molar-refractivity contribution in [2.75, 3.05) is 0 Å². The van der Waals surface area contributed by atoms with E-state index in [0.717, 1.165) is 12.8 Å². The minimum Gasteiger partial charge on any atom is -0.327 e. The predicted octanol–water partition coefficient (Wildman–Crippen LogP) is 4.27. The molecule has 0 saturated heterocycles. The average Bonchev–Trinajstić information content (AvgIpc) is 2.66. The molecule has 1 aliphatic rings. The third-order valence-corrected chi connectivity index (χ3v) is 5.00. The minimum atomic E-state index is 0.277. The third-order valence-electron chi connectivity index (χ3n) is 3.05. The summed E-state index contributed by atoms with van der Waals surface area (Å²) in [5.74, 6) is 0. The Bertz CT molecular complexity index is 370. The maximum Gasteiger partial charge on any atom is 0.0314 e. The maximum absolute atomic E-state index is 6.21. The summed E-state index contributed by atoms with van der Waals surface area (Å²) in [6.07, 6.45) is 9.69. The molecule has 0 radical (unpaired) electrons. The number of allylic oxidation sites excluding steroid dienone is 1. The van der Waals surface area contributed by atoms with Gasteiger partial charge in [0.25, 0.3) is 0 Å².